The SMILES string of the molecule is COC(=O)CC1=C(OC(=O)O)N2C(=O)[C@@H]3[C@H]2C1CCN3C(=O)Nc1ccc(O)cc1. The van der Waals surface area contributed by atoms with Crippen LogP contribution in [0.2, 0.25) is 0 Å². The number of carboxylic acid groups (broad SMARTS) is 1. The van der Waals surface area contributed by atoms with Crippen LogP contribution in [0.15, 0.2) is 35.7 Å². The smallest absolute Gasteiger partial charge is 0.508 e. The van der Waals surface area contributed by atoms with Gasteiger partial charge in [0.2, 0.25) is 5.88 Å². The zero-order chi connectivity index (χ0) is 21.6. The molecule has 2 saturated heterocycles. The number of esters is 1. The number of piperidine rings is 1. The Morgan fingerprint density at radius 3 is 2.57 bits per heavy atom. The van der Waals surface area contributed by atoms with Gasteiger partial charge < -0.3 is 29.9 Å². The number of hydrogen-bond acceptors (Lipinski definition) is 7. The van der Waals surface area contributed by atoms with Crippen molar-refractivity contribution >= 4 is 29.8 Å². The molecule has 11 heteroatoms. The molecule has 3 aliphatic heterocycles. The van der Waals surface area contributed by atoms with Crippen molar-refractivity contribution in [3.8, 4) is 5.75 Å². The number of rotatable bonds is 4. The number of nitrogens with zero attached hydrogens (tertiary/aromatic N) is 2. The Balaban J connectivity index is 1.56. The zero-order valence-electron chi connectivity index (χ0n) is 15.9. The lowest BCUT2D eigenvalue weighted by Crippen LogP contribution is -2.73. The molecule has 0 radical (unpaired) electrons. The van der Waals surface area contributed by atoms with Crippen molar-refractivity contribution in [1.82, 2.24) is 9.80 Å². The number of carbonyl (C=O) groups is 4. The van der Waals surface area contributed by atoms with Crippen LogP contribution in [0.5, 0.6) is 5.75 Å². The first-order valence-electron chi connectivity index (χ1n) is 9.22. The third-order valence-corrected chi connectivity index (χ3v) is 5.61. The molecule has 3 atom stereocenters. The molecule has 1 aromatic carbocycles. The molecule has 3 aliphatic rings. The van der Waals surface area contributed by atoms with Gasteiger partial charge in [0.1, 0.15) is 11.8 Å². The molecule has 11 nitrogen and oxygen atoms in total. The van der Waals surface area contributed by atoms with Gasteiger partial charge >= 0.3 is 18.2 Å². The van der Waals surface area contributed by atoms with E-state index in [9.17, 15) is 24.3 Å². The second-order valence-electron chi connectivity index (χ2n) is 7.16. The van der Waals surface area contributed by atoms with Crippen LogP contribution in [0.1, 0.15) is 12.8 Å². The quantitative estimate of drug-likeness (QED) is 0.378. The number of phenols is 1. The summed E-state index contributed by atoms with van der Waals surface area (Å²) >= 11 is 0. The highest BCUT2D eigenvalue weighted by Gasteiger charge is 2.64. The average Bonchev–Trinajstić information content (AvgIpc) is 2.99. The lowest BCUT2D eigenvalue weighted by molar-refractivity contribution is -0.160. The van der Waals surface area contributed by atoms with Crippen molar-refractivity contribution in [2.75, 3.05) is 19.0 Å². The van der Waals surface area contributed by atoms with E-state index in [2.05, 4.69) is 10.1 Å². The molecule has 30 heavy (non-hydrogen) atoms. The van der Waals surface area contributed by atoms with E-state index in [0.29, 0.717) is 17.7 Å². The van der Waals surface area contributed by atoms with E-state index in [4.69, 9.17) is 9.84 Å². The highest BCUT2D eigenvalue weighted by molar-refractivity contribution is 5.99. The Labute approximate surface area is 170 Å². The van der Waals surface area contributed by atoms with E-state index in [-0.39, 0.29) is 30.5 Å². The minimum absolute atomic E-state index is 0.0553. The number of urea groups is 1. The van der Waals surface area contributed by atoms with Gasteiger partial charge in [-0.3, -0.25) is 14.5 Å². The van der Waals surface area contributed by atoms with E-state index < -0.39 is 36.1 Å². The molecule has 3 heterocycles. The van der Waals surface area contributed by atoms with Crippen LogP contribution in [0.25, 0.3) is 0 Å². The molecule has 1 aromatic rings. The highest BCUT2D eigenvalue weighted by atomic mass is 16.7. The van der Waals surface area contributed by atoms with Gasteiger partial charge in [0.25, 0.3) is 5.91 Å². The summed E-state index contributed by atoms with van der Waals surface area (Å²) in [5.74, 6) is -1.46. The number of hydrogen-bond donors (Lipinski definition) is 3. The Kier molecular flexibility index (Phi) is 4.72. The van der Waals surface area contributed by atoms with Crippen molar-refractivity contribution in [2.45, 2.75) is 24.9 Å². The summed E-state index contributed by atoms with van der Waals surface area (Å²) < 4.78 is 9.52. The van der Waals surface area contributed by atoms with Crippen LogP contribution >= 0.6 is 0 Å². The number of anilines is 1. The second-order valence-corrected chi connectivity index (χ2v) is 7.16. The second kappa shape index (κ2) is 7.25. The monoisotopic (exact) mass is 417 g/mol. The number of nitrogens with one attached hydrogen (secondary N) is 1. The molecule has 3 amide bonds. The molecule has 3 N–H and O–H groups in total. The van der Waals surface area contributed by atoms with E-state index in [1.165, 1.54) is 41.2 Å². The number of benzene rings is 1. The number of aromatic hydroxyl groups is 1. The Morgan fingerprint density at radius 1 is 1.23 bits per heavy atom. The number of carbonyl (C=O) groups excluding carboxylic acids is 3. The van der Waals surface area contributed by atoms with Crippen molar-refractivity contribution in [2.24, 2.45) is 5.92 Å². The summed E-state index contributed by atoms with van der Waals surface area (Å²) in [6, 6.07) is 4.13. The summed E-state index contributed by atoms with van der Waals surface area (Å²) in [7, 11) is 1.22. The van der Waals surface area contributed by atoms with Gasteiger partial charge in [0, 0.05) is 23.7 Å². The molecule has 0 aromatic heterocycles. The molecule has 0 saturated carbocycles. The fraction of sp³-hybridized carbons (Fsp3) is 0.368. The largest absolute Gasteiger partial charge is 0.512 e. The van der Waals surface area contributed by atoms with Crippen molar-refractivity contribution in [3.05, 3.63) is 35.7 Å². The number of methoxy groups -OCH3 is 1. The zero-order valence-corrected chi connectivity index (χ0v) is 15.9. The normalized spacial score (nSPS) is 24.2. The predicted octanol–water partition coefficient (Wildman–Crippen LogP) is 1.31. The third-order valence-electron chi connectivity index (χ3n) is 5.61. The maximum atomic E-state index is 12.8. The summed E-state index contributed by atoms with van der Waals surface area (Å²) in [4.78, 5) is 51.1. The van der Waals surface area contributed by atoms with Crippen LogP contribution in [0.4, 0.5) is 15.3 Å². The highest BCUT2D eigenvalue weighted by Crippen LogP contribution is 2.50. The Morgan fingerprint density at radius 2 is 1.93 bits per heavy atom. The maximum Gasteiger partial charge on any atom is 0.512 e. The van der Waals surface area contributed by atoms with Gasteiger partial charge in [-0.2, -0.15) is 0 Å². The molecule has 158 valence electrons. The molecule has 4 rings (SSSR count). The average molecular weight is 417 g/mol. The first-order chi connectivity index (χ1) is 14.3. The number of amides is 3. The van der Waals surface area contributed by atoms with Gasteiger partial charge in [0.15, 0.2) is 0 Å². The number of phenolic OH excluding ortho intramolecular Hbond substituents is 1. The Hall–Kier alpha value is -3.76. The van der Waals surface area contributed by atoms with Gasteiger partial charge in [-0.25, -0.2) is 9.59 Å². The maximum absolute atomic E-state index is 12.8. The van der Waals surface area contributed by atoms with Crippen molar-refractivity contribution in [3.63, 3.8) is 0 Å². The van der Waals surface area contributed by atoms with E-state index in [1.54, 1.807) is 0 Å². The summed E-state index contributed by atoms with van der Waals surface area (Å²) in [5.41, 5.74) is 0.845. The van der Waals surface area contributed by atoms with Crippen molar-refractivity contribution in [1.29, 1.82) is 0 Å². The molecule has 0 bridgehead atoms. The van der Waals surface area contributed by atoms with Crippen LogP contribution in [0.3, 0.4) is 0 Å². The fourth-order valence-electron chi connectivity index (χ4n) is 4.33. The molecule has 2 fully saturated rings. The molecule has 1 unspecified atom stereocenters. The minimum Gasteiger partial charge on any atom is -0.508 e. The molecular weight excluding hydrogens is 398 g/mol. The van der Waals surface area contributed by atoms with E-state index in [1.807, 2.05) is 0 Å². The minimum atomic E-state index is -1.59. The predicted molar refractivity (Wildman–Crippen MR) is 99.1 cm³/mol. The van der Waals surface area contributed by atoms with Crippen LogP contribution < -0.4 is 5.32 Å². The summed E-state index contributed by atoms with van der Waals surface area (Å²) in [6.45, 7) is 0.236. The van der Waals surface area contributed by atoms with Crippen LogP contribution in [-0.2, 0) is 19.1 Å². The van der Waals surface area contributed by atoms with E-state index in [0.717, 1.165) is 0 Å². The van der Waals surface area contributed by atoms with Crippen molar-refractivity contribution < 1.29 is 38.9 Å². The van der Waals surface area contributed by atoms with Gasteiger partial charge in [-0.15, -0.1) is 0 Å². The van der Waals surface area contributed by atoms with Gasteiger partial charge in [-0.1, -0.05) is 0 Å². The first-order valence-corrected chi connectivity index (χ1v) is 9.22. The topological polar surface area (TPSA) is 146 Å². The van der Waals surface area contributed by atoms with Gasteiger partial charge in [0.05, 0.1) is 19.6 Å². The number of likely N-dealkylation sites (tertiary alicyclic amines) is 1. The molecular formula is C19H19N3O8. The number of ether oxygens (including phenoxy) is 2. The number of β-lactam (4-membered cyclic amide) rings is 1. The van der Waals surface area contributed by atoms with Crippen LogP contribution in [-0.4, -0.2) is 69.8 Å². The first kappa shape index (κ1) is 19.6. The lowest BCUT2D eigenvalue weighted by Gasteiger charge is -2.52. The Bertz CT molecular complexity index is 957. The summed E-state index contributed by atoms with van der Waals surface area (Å²) in [5, 5.41) is 21.1. The third kappa shape index (κ3) is 3.08. The molecule has 0 aliphatic carbocycles. The fourth-order valence-corrected chi connectivity index (χ4v) is 4.33. The van der Waals surface area contributed by atoms with E-state index >= 15 is 0 Å². The van der Waals surface area contributed by atoms with Crippen LogP contribution in [0, 0.1) is 5.92 Å². The lowest BCUT2D eigenvalue weighted by atomic mass is 9.77. The standard InChI is InChI=1S/C19H19N3O8/c1-29-13(24)8-12-11-6-7-21(18(26)20-9-2-4-10(23)5-3-9)15-14(11)22(16(15)25)17(12)30-19(27)28/h2-5,11,14-15,23H,6-8H2,1H3,(H,20,26)(H,27,28)/t11?,14-,15+/m1/s1. The van der Waals surface area contributed by atoms with Gasteiger partial charge in [-0.05, 0) is 30.7 Å². The molecule has 0 spiro atoms. The summed E-state index contributed by atoms with van der Waals surface area (Å²) in [6.07, 6.45) is -1.37.